The molecule has 21 heavy (non-hydrogen) atoms. The number of carboxylic acids is 1. The van der Waals surface area contributed by atoms with Crippen LogP contribution in [0.25, 0.3) is 0 Å². The Morgan fingerprint density at radius 2 is 2.48 bits per heavy atom. The van der Waals surface area contributed by atoms with Crippen LogP contribution in [0.3, 0.4) is 0 Å². The number of aryl methyl sites for hydroxylation is 1. The molecule has 2 aliphatic heterocycles. The number of carbonyl (C=O) groups is 2. The van der Waals surface area contributed by atoms with Crippen molar-refractivity contribution < 1.29 is 14.7 Å². The number of aliphatic carboxylic acids is 1. The number of carboxylic acid groups (broad SMARTS) is 1. The van der Waals surface area contributed by atoms with E-state index in [4.69, 9.17) is 5.73 Å². The Kier molecular flexibility index (Phi) is 3.42. The lowest BCUT2D eigenvalue weighted by molar-refractivity contribution is -0.164. The summed E-state index contributed by atoms with van der Waals surface area (Å²) in [6, 6.07) is -0.992. The average molecular weight is 328 g/mol. The van der Waals surface area contributed by atoms with E-state index in [0.29, 0.717) is 16.7 Å². The average Bonchev–Trinajstić information content (AvgIpc) is 2.88. The molecule has 2 aliphatic rings. The van der Waals surface area contributed by atoms with Crippen LogP contribution in [-0.2, 0) is 16.6 Å². The van der Waals surface area contributed by atoms with Crippen LogP contribution >= 0.6 is 23.5 Å². The Balaban J connectivity index is 1.74. The van der Waals surface area contributed by atoms with Gasteiger partial charge in [0.15, 0.2) is 0 Å². The van der Waals surface area contributed by atoms with Gasteiger partial charge in [-0.05, 0) is 16.0 Å². The topological polar surface area (TPSA) is 127 Å². The molecule has 11 heteroatoms. The number of thioether (sulfide) groups is 2. The molecule has 0 aromatic carbocycles. The number of hydrogen-bond acceptors (Lipinski definition) is 8. The van der Waals surface area contributed by atoms with Crippen molar-refractivity contribution in [1.82, 2.24) is 25.1 Å². The molecule has 3 rings (SSSR count). The van der Waals surface area contributed by atoms with Gasteiger partial charge in [0, 0.05) is 24.8 Å². The maximum atomic E-state index is 11.8. The van der Waals surface area contributed by atoms with Crippen LogP contribution in [-0.4, -0.2) is 64.5 Å². The van der Waals surface area contributed by atoms with E-state index in [1.54, 1.807) is 17.9 Å². The number of nitrogens with two attached hydrogens (primary N) is 1. The molecule has 1 fully saturated rings. The second kappa shape index (κ2) is 5.00. The molecule has 0 bridgehead atoms. The van der Waals surface area contributed by atoms with E-state index in [2.05, 4.69) is 15.5 Å². The molecular formula is C10H12N6O3S2. The summed E-state index contributed by atoms with van der Waals surface area (Å²) in [7, 11) is 1.74. The molecule has 2 atom stereocenters. The highest BCUT2D eigenvalue weighted by molar-refractivity contribution is 8.02. The molecule has 1 aromatic rings. The second-order valence-electron chi connectivity index (χ2n) is 4.64. The van der Waals surface area contributed by atoms with Crippen LogP contribution in [0.15, 0.2) is 16.9 Å². The van der Waals surface area contributed by atoms with Crippen LogP contribution in [0, 0.1) is 0 Å². The SMILES string of the molecule is Cn1nnnc1SCC1=CN2C(=O)C(N)[C@@]2(C(=O)O)SC1. The van der Waals surface area contributed by atoms with E-state index < -0.39 is 16.9 Å². The summed E-state index contributed by atoms with van der Waals surface area (Å²) < 4.78 is 1.55. The van der Waals surface area contributed by atoms with Crippen molar-refractivity contribution >= 4 is 35.4 Å². The lowest BCUT2D eigenvalue weighted by Gasteiger charge is -2.53. The van der Waals surface area contributed by atoms with Gasteiger partial charge in [-0.15, -0.1) is 16.9 Å². The quantitative estimate of drug-likeness (QED) is 0.522. The summed E-state index contributed by atoms with van der Waals surface area (Å²) in [5.74, 6) is -0.370. The molecule has 3 heterocycles. The number of aromatic nitrogens is 4. The fraction of sp³-hybridized carbons (Fsp3) is 0.500. The van der Waals surface area contributed by atoms with Gasteiger partial charge in [0.1, 0.15) is 6.04 Å². The maximum absolute atomic E-state index is 11.8. The van der Waals surface area contributed by atoms with Gasteiger partial charge < -0.3 is 10.8 Å². The molecule has 1 amide bonds. The van der Waals surface area contributed by atoms with Crippen molar-refractivity contribution in [2.75, 3.05) is 11.5 Å². The Labute approximate surface area is 127 Å². The largest absolute Gasteiger partial charge is 0.479 e. The fourth-order valence-corrected chi connectivity index (χ4v) is 4.39. The van der Waals surface area contributed by atoms with Crippen molar-refractivity contribution in [2.24, 2.45) is 12.8 Å². The predicted octanol–water partition coefficient (Wildman–Crippen LogP) is -1.12. The molecule has 0 spiro atoms. The van der Waals surface area contributed by atoms with Crippen LogP contribution in [0.4, 0.5) is 0 Å². The summed E-state index contributed by atoms with van der Waals surface area (Å²) in [4.78, 5) is 23.1. The highest BCUT2D eigenvalue weighted by Gasteiger charge is 2.65. The summed E-state index contributed by atoms with van der Waals surface area (Å²) in [6.45, 7) is 0. The van der Waals surface area contributed by atoms with E-state index >= 15 is 0 Å². The minimum atomic E-state index is -1.35. The Morgan fingerprint density at radius 3 is 3.10 bits per heavy atom. The number of amides is 1. The number of fused-ring (bicyclic) bond motifs is 1. The first-order valence-electron chi connectivity index (χ1n) is 5.97. The maximum Gasteiger partial charge on any atom is 0.342 e. The molecule has 9 nitrogen and oxygen atoms in total. The first-order chi connectivity index (χ1) is 9.96. The summed E-state index contributed by atoms with van der Waals surface area (Å²) >= 11 is 2.60. The number of tetrazole rings is 1. The lowest BCUT2D eigenvalue weighted by Crippen LogP contribution is -2.78. The van der Waals surface area contributed by atoms with E-state index in [9.17, 15) is 14.7 Å². The van der Waals surface area contributed by atoms with Crippen molar-refractivity contribution in [1.29, 1.82) is 0 Å². The lowest BCUT2D eigenvalue weighted by atomic mass is 9.95. The molecule has 112 valence electrons. The summed E-state index contributed by atoms with van der Waals surface area (Å²) in [5.41, 5.74) is 6.61. The zero-order chi connectivity index (χ0) is 15.2. The van der Waals surface area contributed by atoms with Gasteiger partial charge in [-0.2, -0.15) is 0 Å². The number of carbonyl (C=O) groups excluding carboxylic acids is 1. The number of rotatable bonds is 4. The highest BCUT2D eigenvalue weighted by Crippen LogP contribution is 2.46. The van der Waals surface area contributed by atoms with Gasteiger partial charge in [0.25, 0.3) is 0 Å². The van der Waals surface area contributed by atoms with Crippen molar-refractivity contribution in [3.8, 4) is 0 Å². The fourth-order valence-electron chi connectivity index (χ4n) is 2.18. The monoisotopic (exact) mass is 328 g/mol. The van der Waals surface area contributed by atoms with Gasteiger partial charge in [-0.25, -0.2) is 9.48 Å². The predicted molar refractivity (Wildman–Crippen MR) is 75.3 cm³/mol. The molecule has 1 unspecified atom stereocenters. The molecular weight excluding hydrogens is 316 g/mol. The smallest absolute Gasteiger partial charge is 0.342 e. The van der Waals surface area contributed by atoms with E-state index in [0.717, 1.165) is 5.57 Å². The normalized spacial score (nSPS) is 27.9. The zero-order valence-corrected chi connectivity index (χ0v) is 12.6. The summed E-state index contributed by atoms with van der Waals surface area (Å²) in [6.07, 6.45) is 1.59. The Bertz CT molecular complexity index is 646. The first kappa shape index (κ1) is 14.4. The van der Waals surface area contributed by atoms with Crippen molar-refractivity contribution in [3.63, 3.8) is 0 Å². The third-order valence-corrected chi connectivity index (χ3v) is 6.05. The minimum Gasteiger partial charge on any atom is -0.479 e. The number of β-lactam (4-membered cyclic amide) rings is 1. The van der Waals surface area contributed by atoms with Crippen LogP contribution in [0.5, 0.6) is 0 Å². The van der Waals surface area contributed by atoms with E-state index in [1.807, 2.05) is 0 Å². The van der Waals surface area contributed by atoms with Crippen LogP contribution < -0.4 is 5.73 Å². The van der Waals surface area contributed by atoms with Gasteiger partial charge >= 0.3 is 5.97 Å². The molecule has 0 saturated carbocycles. The third kappa shape index (κ3) is 2.03. The van der Waals surface area contributed by atoms with E-state index in [1.165, 1.54) is 28.4 Å². The molecule has 1 saturated heterocycles. The third-order valence-electron chi connectivity index (χ3n) is 3.35. The molecule has 0 radical (unpaired) electrons. The number of nitrogens with zero attached hydrogens (tertiary/aromatic N) is 5. The standard InChI is InChI=1S/C10H12N6O3S2/c1-15-9(12-13-14-15)20-3-5-2-16-7(17)6(11)10(16,8(18)19)21-4-5/h2,6H,3-4,11H2,1H3,(H,18,19)/t6?,10-/m0/s1. The molecule has 1 aromatic heterocycles. The van der Waals surface area contributed by atoms with Crippen LogP contribution in [0.2, 0.25) is 0 Å². The molecule has 3 N–H and O–H groups in total. The van der Waals surface area contributed by atoms with Gasteiger partial charge in [-0.3, -0.25) is 9.69 Å². The molecule has 0 aliphatic carbocycles. The minimum absolute atomic E-state index is 0.368. The van der Waals surface area contributed by atoms with Crippen molar-refractivity contribution in [3.05, 3.63) is 11.8 Å². The zero-order valence-electron chi connectivity index (χ0n) is 11.0. The van der Waals surface area contributed by atoms with E-state index in [-0.39, 0.29) is 5.91 Å². The van der Waals surface area contributed by atoms with Gasteiger partial charge in [0.05, 0.1) is 0 Å². The van der Waals surface area contributed by atoms with Gasteiger partial charge in [-0.1, -0.05) is 11.8 Å². The van der Waals surface area contributed by atoms with Crippen molar-refractivity contribution in [2.45, 2.75) is 16.1 Å². The summed E-state index contributed by atoms with van der Waals surface area (Å²) in [5, 5.41) is 21.1. The second-order valence-corrected chi connectivity index (χ2v) is 6.78. The Morgan fingerprint density at radius 1 is 1.71 bits per heavy atom. The first-order valence-corrected chi connectivity index (χ1v) is 7.94. The number of hydrogen-bond donors (Lipinski definition) is 2. The highest BCUT2D eigenvalue weighted by atomic mass is 32.2. The Hall–Kier alpha value is -1.59. The van der Waals surface area contributed by atoms with Gasteiger partial charge in [0.2, 0.25) is 15.9 Å². The van der Waals surface area contributed by atoms with Crippen LogP contribution in [0.1, 0.15) is 0 Å².